The van der Waals surface area contributed by atoms with Crippen LogP contribution in [-0.4, -0.2) is 45.9 Å². The van der Waals surface area contributed by atoms with Gasteiger partial charge in [0.05, 0.1) is 11.8 Å². The highest BCUT2D eigenvalue weighted by molar-refractivity contribution is 6.14. The second-order valence-corrected chi connectivity index (χ2v) is 7.28. The van der Waals surface area contributed by atoms with Gasteiger partial charge in [0, 0.05) is 12.2 Å². The van der Waals surface area contributed by atoms with E-state index in [0.29, 0.717) is 36.1 Å². The van der Waals surface area contributed by atoms with Crippen LogP contribution < -0.4 is 15.1 Å². The van der Waals surface area contributed by atoms with Crippen LogP contribution in [0, 0.1) is 5.92 Å². The summed E-state index contributed by atoms with van der Waals surface area (Å²) < 4.78 is 0. The molecule has 1 aliphatic heterocycles. The third-order valence-electron chi connectivity index (χ3n) is 4.78. The summed E-state index contributed by atoms with van der Waals surface area (Å²) in [5.41, 5.74) is 1.14. The van der Waals surface area contributed by atoms with Crippen molar-refractivity contribution in [2.75, 3.05) is 21.7 Å². The second-order valence-electron chi connectivity index (χ2n) is 7.28. The molecule has 0 aliphatic carbocycles. The summed E-state index contributed by atoms with van der Waals surface area (Å²) in [4.78, 5) is 46.7. The van der Waals surface area contributed by atoms with Crippen molar-refractivity contribution in [2.45, 2.75) is 33.2 Å². The van der Waals surface area contributed by atoms with Crippen LogP contribution in [-0.2, 0) is 9.59 Å². The normalized spacial score (nSPS) is 16.0. The molecule has 1 aliphatic rings. The van der Waals surface area contributed by atoms with Crippen molar-refractivity contribution in [1.82, 2.24) is 9.97 Å². The highest BCUT2D eigenvalue weighted by atomic mass is 16.4. The number of fused-ring (bicyclic) bond motifs is 1. The lowest BCUT2D eigenvalue weighted by Crippen LogP contribution is -2.52. The Labute approximate surface area is 168 Å². The van der Waals surface area contributed by atoms with Gasteiger partial charge in [-0.05, 0) is 43.5 Å². The van der Waals surface area contributed by atoms with Crippen LogP contribution in [0.3, 0.4) is 0 Å². The lowest BCUT2D eigenvalue weighted by Gasteiger charge is -2.38. The van der Waals surface area contributed by atoms with Crippen LogP contribution in [0.1, 0.15) is 37.6 Å². The van der Waals surface area contributed by atoms with Gasteiger partial charge < -0.3 is 15.3 Å². The lowest BCUT2D eigenvalue weighted by molar-refractivity contribution is -0.123. The monoisotopic (exact) mass is 397 g/mol. The van der Waals surface area contributed by atoms with E-state index in [2.05, 4.69) is 29.1 Å². The van der Waals surface area contributed by atoms with E-state index >= 15 is 0 Å². The van der Waals surface area contributed by atoms with Gasteiger partial charge in [-0.2, -0.15) is 4.98 Å². The van der Waals surface area contributed by atoms with E-state index in [0.717, 1.165) is 11.3 Å². The van der Waals surface area contributed by atoms with Crippen molar-refractivity contribution in [2.24, 2.45) is 5.92 Å². The predicted octanol–water partition coefficient (Wildman–Crippen LogP) is 2.66. The van der Waals surface area contributed by atoms with Gasteiger partial charge in [-0.15, -0.1) is 0 Å². The summed E-state index contributed by atoms with van der Waals surface area (Å²) in [5, 5.41) is 12.0. The number of hydrogen-bond donors (Lipinski definition) is 2. The van der Waals surface area contributed by atoms with Crippen LogP contribution in [0.4, 0.5) is 23.1 Å². The van der Waals surface area contributed by atoms with Crippen molar-refractivity contribution in [3.8, 4) is 0 Å². The fourth-order valence-corrected chi connectivity index (χ4v) is 3.08. The average molecular weight is 397 g/mol. The number of benzene rings is 1. The minimum absolute atomic E-state index is 0.177. The Morgan fingerprint density at radius 1 is 1.31 bits per heavy atom. The van der Waals surface area contributed by atoms with E-state index in [1.54, 1.807) is 19.1 Å². The standard InChI is InChI=1S/C20H23N5O4/c1-12(2)8-9-24-13(3)18(27)25(11-26)16-10-21-20(23-17(16)24)22-15-6-4-14(5-7-15)19(28)29/h4-7,10-13H,8-9H2,1-3H3,(H,28,29)(H,21,22,23)/t13-/m1/s1. The van der Waals surface area contributed by atoms with E-state index in [1.165, 1.54) is 18.3 Å². The van der Waals surface area contributed by atoms with E-state index in [1.807, 2.05) is 4.90 Å². The van der Waals surface area contributed by atoms with Crippen molar-refractivity contribution >= 4 is 41.4 Å². The minimum atomic E-state index is -1.00. The molecular formula is C20H23N5O4. The molecule has 0 spiro atoms. The largest absolute Gasteiger partial charge is 0.478 e. The molecule has 0 saturated heterocycles. The SMILES string of the molecule is CC(C)CCN1c2nc(Nc3ccc(C(=O)O)cc3)ncc2N(C=O)C(=O)[C@H]1C. The molecule has 2 heterocycles. The van der Waals surface area contributed by atoms with Gasteiger partial charge >= 0.3 is 5.97 Å². The van der Waals surface area contributed by atoms with Crippen LogP contribution in [0.2, 0.25) is 0 Å². The first-order chi connectivity index (χ1) is 13.8. The van der Waals surface area contributed by atoms with E-state index in [-0.39, 0.29) is 17.4 Å². The van der Waals surface area contributed by atoms with Gasteiger partial charge in [-0.1, -0.05) is 13.8 Å². The Morgan fingerprint density at radius 2 is 2.00 bits per heavy atom. The molecule has 0 unspecified atom stereocenters. The molecule has 1 aromatic carbocycles. The van der Waals surface area contributed by atoms with Crippen molar-refractivity contribution in [3.63, 3.8) is 0 Å². The molecule has 0 bridgehead atoms. The second kappa shape index (κ2) is 8.26. The number of anilines is 4. The zero-order valence-electron chi connectivity index (χ0n) is 16.5. The maximum Gasteiger partial charge on any atom is 0.335 e. The van der Waals surface area contributed by atoms with Crippen LogP contribution in [0.25, 0.3) is 0 Å². The first-order valence-electron chi connectivity index (χ1n) is 9.34. The summed E-state index contributed by atoms with van der Waals surface area (Å²) in [7, 11) is 0. The van der Waals surface area contributed by atoms with Crippen molar-refractivity contribution in [3.05, 3.63) is 36.0 Å². The van der Waals surface area contributed by atoms with Gasteiger partial charge in [0.25, 0.3) is 5.91 Å². The van der Waals surface area contributed by atoms with E-state index in [9.17, 15) is 14.4 Å². The number of carbonyl (C=O) groups is 3. The number of amides is 2. The first-order valence-corrected chi connectivity index (χ1v) is 9.34. The average Bonchev–Trinajstić information content (AvgIpc) is 2.69. The number of nitrogens with zero attached hydrogens (tertiary/aromatic N) is 4. The predicted molar refractivity (Wildman–Crippen MR) is 109 cm³/mol. The summed E-state index contributed by atoms with van der Waals surface area (Å²) in [6, 6.07) is 5.67. The zero-order valence-corrected chi connectivity index (χ0v) is 16.5. The third kappa shape index (κ3) is 4.18. The van der Waals surface area contributed by atoms with Gasteiger partial charge in [-0.25, -0.2) is 14.7 Å². The van der Waals surface area contributed by atoms with E-state index in [4.69, 9.17) is 5.11 Å². The zero-order chi connectivity index (χ0) is 21.1. The Hall–Kier alpha value is -3.49. The Morgan fingerprint density at radius 3 is 2.59 bits per heavy atom. The molecule has 1 atom stereocenters. The van der Waals surface area contributed by atoms with Crippen LogP contribution in [0.5, 0.6) is 0 Å². The quantitative estimate of drug-likeness (QED) is 0.685. The Kier molecular flexibility index (Phi) is 5.76. The number of aromatic nitrogens is 2. The fraction of sp³-hybridized carbons (Fsp3) is 0.350. The van der Waals surface area contributed by atoms with Gasteiger partial charge in [0.2, 0.25) is 12.4 Å². The highest BCUT2D eigenvalue weighted by Gasteiger charge is 2.37. The van der Waals surface area contributed by atoms with Gasteiger partial charge in [-0.3, -0.25) is 9.59 Å². The number of nitrogens with one attached hydrogen (secondary N) is 1. The molecule has 0 radical (unpaired) electrons. The number of hydrogen-bond acceptors (Lipinski definition) is 7. The summed E-state index contributed by atoms with van der Waals surface area (Å²) >= 11 is 0. The smallest absolute Gasteiger partial charge is 0.335 e. The minimum Gasteiger partial charge on any atom is -0.478 e. The molecule has 152 valence electrons. The van der Waals surface area contributed by atoms with Crippen LogP contribution >= 0.6 is 0 Å². The number of carboxylic acids is 1. The van der Waals surface area contributed by atoms with Crippen LogP contribution in [0.15, 0.2) is 30.5 Å². The third-order valence-corrected chi connectivity index (χ3v) is 4.78. The van der Waals surface area contributed by atoms with Crippen molar-refractivity contribution in [1.29, 1.82) is 0 Å². The molecule has 3 rings (SSSR count). The molecule has 2 N–H and O–H groups in total. The number of aromatic carboxylic acids is 1. The Bertz CT molecular complexity index is 929. The van der Waals surface area contributed by atoms with Crippen molar-refractivity contribution < 1.29 is 19.5 Å². The summed E-state index contributed by atoms with van der Waals surface area (Å²) in [5.74, 6) is -0.0879. The number of carboxylic acid groups (broad SMARTS) is 1. The molecule has 9 nitrogen and oxygen atoms in total. The molecule has 0 saturated carbocycles. The molecule has 0 fully saturated rings. The summed E-state index contributed by atoms with van der Waals surface area (Å²) in [6.45, 7) is 6.57. The topological polar surface area (TPSA) is 116 Å². The van der Waals surface area contributed by atoms with Gasteiger partial charge in [0.15, 0.2) is 5.82 Å². The fourth-order valence-electron chi connectivity index (χ4n) is 3.08. The molecule has 2 amide bonds. The maximum atomic E-state index is 12.6. The number of carbonyl (C=O) groups excluding carboxylic acids is 2. The Balaban J connectivity index is 1.93. The lowest BCUT2D eigenvalue weighted by atomic mass is 10.1. The highest BCUT2D eigenvalue weighted by Crippen LogP contribution is 2.34. The summed E-state index contributed by atoms with van der Waals surface area (Å²) in [6.07, 6.45) is 2.79. The van der Waals surface area contributed by atoms with E-state index < -0.39 is 12.0 Å². The van der Waals surface area contributed by atoms with Gasteiger partial charge in [0.1, 0.15) is 11.7 Å². The molecule has 29 heavy (non-hydrogen) atoms. The number of rotatable bonds is 7. The molecule has 9 heteroatoms. The molecular weight excluding hydrogens is 374 g/mol. The molecule has 1 aromatic heterocycles. The molecule has 2 aromatic rings. The maximum absolute atomic E-state index is 12.6. The number of imide groups is 1. The first kappa shape index (κ1) is 20.2.